The van der Waals surface area contributed by atoms with Gasteiger partial charge in [-0.1, -0.05) is 0 Å². The van der Waals surface area contributed by atoms with E-state index in [2.05, 4.69) is 9.97 Å². The maximum atomic E-state index is 14.0. The highest BCUT2D eigenvalue weighted by molar-refractivity contribution is 5.95. The van der Waals surface area contributed by atoms with Crippen LogP contribution in [0.2, 0.25) is 0 Å². The molecule has 1 atom stereocenters. The molecule has 1 amide bonds. The molecule has 0 aliphatic rings. The van der Waals surface area contributed by atoms with E-state index in [1.54, 1.807) is 24.5 Å². The van der Waals surface area contributed by atoms with Crippen LogP contribution in [0.15, 0.2) is 41.6 Å². The normalized spacial score (nSPS) is 12.7. The zero-order chi connectivity index (χ0) is 18.8. The Morgan fingerprint density at radius 1 is 1.46 bits per heavy atom. The number of H-pyrrole nitrogens is 1. The summed E-state index contributed by atoms with van der Waals surface area (Å²) in [5.74, 6) is -1.48. The van der Waals surface area contributed by atoms with E-state index in [-0.39, 0.29) is 6.54 Å². The number of hydrogen-bond donors (Lipinski definition) is 3. The number of amides is 1. The lowest BCUT2D eigenvalue weighted by atomic mass is 10.1. The number of nitrogens with zero attached hydrogens (tertiary/aromatic N) is 2. The van der Waals surface area contributed by atoms with Crippen molar-refractivity contribution in [3.8, 4) is 11.1 Å². The largest absolute Gasteiger partial charge is 0.392 e. The number of rotatable bonds is 5. The van der Waals surface area contributed by atoms with Crippen LogP contribution in [0.4, 0.5) is 4.39 Å². The van der Waals surface area contributed by atoms with Gasteiger partial charge in [0.25, 0.3) is 5.56 Å². The molecule has 0 fully saturated rings. The number of carbonyl (C=O) groups excluding carboxylic acids is 1. The van der Waals surface area contributed by atoms with Gasteiger partial charge in [-0.15, -0.1) is 0 Å². The van der Waals surface area contributed by atoms with Gasteiger partial charge in [0.2, 0.25) is 5.91 Å². The Hall–Kier alpha value is -3.26. The quantitative estimate of drug-likeness (QED) is 0.600. The highest BCUT2D eigenvalue weighted by Crippen LogP contribution is 2.25. The van der Waals surface area contributed by atoms with Gasteiger partial charge in [-0.3, -0.25) is 9.59 Å². The van der Waals surface area contributed by atoms with Crippen LogP contribution >= 0.6 is 0 Å². The zero-order valence-corrected chi connectivity index (χ0v) is 13.9. The van der Waals surface area contributed by atoms with Gasteiger partial charge in [-0.2, -0.15) is 0 Å². The third-order valence-electron chi connectivity index (χ3n) is 3.83. The van der Waals surface area contributed by atoms with Crippen molar-refractivity contribution in [2.45, 2.75) is 19.6 Å². The summed E-state index contributed by atoms with van der Waals surface area (Å²) >= 11 is 0. The number of pyridine rings is 2. The van der Waals surface area contributed by atoms with E-state index in [1.165, 1.54) is 19.2 Å². The highest BCUT2D eigenvalue weighted by atomic mass is 19.1. The van der Waals surface area contributed by atoms with Crippen LogP contribution in [0.3, 0.4) is 0 Å². The Labute approximate surface area is 147 Å². The number of carbonyl (C=O) groups is 1. The first-order valence-corrected chi connectivity index (χ1v) is 7.88. The van der Waals surface area contributed by atoms with Gasteiger partial charge < -0.3 is 20.4 Å². The summed E-state index contributed by atoms with van der Waals surface area (Å²) in [6.07, 6.45) is 6.70. The second kappa shape index (κ2) is 6.93. The fourth-order valence-corrected chi connectivity index (χ4v) is 2.67. The second-order valence-electron chi connectivity index (χ2n) is 5.98. The van der Waals surface area contributed by atoms with Crippen LogP contribution in [-0.4, -0.2) is 31.7 Å². The molecule has 134 valence electrons. The minimum absolute atomic E-state index is 0.0178. The van der Waals surface area contributed by atoms with Crippen LogP contribution in [0.1, 0.15) is 12.5 Å². The first-order valence-electron chi connectivity index (χ1n) is 7.88. The maximum Gasteiger partial charge on any atom is 0.286 e. The molecule has 3 aromatic rings. The Kier molecular flexibility index (Phi) is 4.68. The molecule has 3 heterocycles. The summed E-state index contributed by atoms with van der Waals surface area (Å²) in [6, 6.07) is 2.90. The molecule has 0 aromatic carbocycles. The second-order valence-corrected chi connectivity index (χ2v) is 5.98. The number of fused-ring (bicyclic) bond motifs is 1. The molecule has 0 unspecified atom stereocenters. The van der Waals surface area contributed by atoms with Gasteiger partial charge in [-0.05, 0) is 25.1 Å². The van der Waals surface area contributed by atoms with E-state index in [4.69, 9.17) is 5.73 Å². The number of nitrogens with one attached hydrogen (secondary N) is 1. The molecular formula is C18H17FN4O3. The fourth-order valence-electron chi connectivity index (χ4n) is 2.67. The number of aliphatic hydroxyl groups excluding tert-OH is 1. The van der Waals surface area contributed by atoms with Gasteiger partial charge in [-0.25, -0.2) is 9.37 Å². The monoisotopic (exact) mass is 356 g/mol. The molecule has 0 aliphatic carbocycles. The molecule has 0 saturated heterocycles. The molecular weight excluding hydrogens is 339 g/mol. The van der Waals surface area contributed by atoms with Crippen molar-refractivity contribution in [1.29, 1.82) is 0 Å². The third-order valence-corrected chi connectivity index (χ3v) is 3.83. The minimum Gasteiger partial charge on any atom is -0.392 e. The van der Waals surface area contributed by atoms with E-state index < -0.39 is 23.4 Å². The Morgan fingerprint density at radius 2 is 2.23 bits per heavy atom. The first kappa shape index (κ1) is 17.6. The van der Waals surface area contributed by atoms with E-state index in [0.29, 0.717) is 27.7 Å². The molecule has 4 N–H and O–H groups in total. The lowest BCUT2D eigenvalue weighted by Crippen LogP contribution is -2.27. The van der Waals surface area contributed by atoms with Crippen LogP contribution in [0.25, 0.3) is 28.2 Å². The highest BCUT2D eigenvalue weighted by Gasteiger charge is 2.11. The molecule has 0 radical (unpaired) electrons. The third kappa shape index (κ3) is 3.55. The molecule has 0 bridgehead atoms. The van der Waals surface area contributed by atoms with Gasteiger partial charge in [0.05, 0.1) is 12.6 Å². The molecule has 0 aliphatic heterocycles. The maximum absolute atomic E-state index is 14.0. The van der Waals surface area contributed by atoms with Crippen LogP contribution < -0.4 is 11.3 Å². The summed E-state index contributed by atoms with van der Waals surface area (Å²) in [5.41, 5.74) is 6.65. The topological polar surface area (TPSA) is 114 Å². The van der Waals surface area contributed by atoms with Crippen molar-refractivity contribution >= 4 is 23.0 Å². The Balaban J connectivity index is 2.10. The van der Waals surface area contributed by atoms with Crippen molar-refractivity contribution in [2.75, 3.05) is 0 Å². The van der Waals surface area contributed by atoms with Gasteiger partial charge in [0, 0.05) is 46.7 Å². The first-order chi connectivity index (χ1) is 12.3. The van der Waals surface area contributed by atoms with Crippen LogP contribution in [0.5, 0.6) is 0 Å². The molecule has 3 rings (SSSR count). The SMILES string of the molecule is C[C@@H](O)Cn1cc(-c2cnc3[nH]cc(/C=C/C(N)=O)c3c2)cc(F)c1=O. The molecule has 0 saturated carbocycles. The van der Waals surface area contributed by atoms with Gasteiger partial charge in [0.15, 0.2) is 5.82 Å². The molecule has 26 heavy (non-hydrogen) atoms. The predicted molar refractivity (Wildman–Crippen MR) is 95.7 cm³/mol. The van der Waals surface area contributed by atoms with E-state index >= 15 is 0 Å². The Bertz CT molecular complexity index is 1070. The zero-order valence-electron chi connectivity index (χ0n) is 13.9. The number of hydrogen-bond acceptors (Lipinski definition) is 4. The lowest BCUT2D eigenvalue weighted by Gasteiger charge is -2.11. The van der Waals surface area contributed by atoms with Crippen molar-refractivity contribution < 1.29 is 14.3 Å². The lowest BCUT2D eigenvalue weighted by molar-refractivity contribution is -0.113. The average Bonchev–Trinajstić information content (AvgIpc) is 2.98. The van der Waals surface area contributed by atoms with Gasteiger partial charge in [0.1, 0.15) is 5.65 Å². The summed E-state index contributed by atoms with van der Waals surface area (Å²) in [7, 11) is 0. The average molecular weight is 356 g/mol. The molecule has 3 aromatic heterocycles. The predicted octanol–water partition coefficient (Wildman–Crippen LogP) is 1.41. The standard InChI is InChI=1S/C18H17FN4O3/c1-10(24)8-23-9-13(5-15(19)18(23)26)12-4-14-11(2-3-16(20)25)6-21-17(14)22-7-12/h2-7,9-10,24H,8H2,1H3,(H2,20,25)(H,21,22)/b3-2+/t10-/m1/s1. The van der Waals surface area contributed by atoms with E-state index in [9.17, 15) is 19.1 Å². The van der Waals surface area contributed by atoms with E-state index in [0.717, 1.165) is 10.6 Å². The van der Waals surface area contributed by atoms with Crippen LogP contribution in [-0.2, 0) is 11.3 Å². The minimum atomic E-state index is -0.911. The molecule has 0 spiro atoms. The van der Waals surface area contributed by atoms with Crippen molar-refractivity contribution in [1.82, 2.24) is 14.5 Å². The van der Waals surface area contributed by atoms with Crippen LogP contribution in [0, 0.1) is 5.82 Å². The van der Waals surface area contributed by atoms with Crippen molar-refractivity contribution in [3.63, 3.8) is 0 Å². The number of aromatic nitrogens is 3. The summed E-state index contributed by atoms with van der Waals surface area (Å²) in [5, 5.41) is 10.2. The number of halogens is 1. The number of aromatic amines is 1. The smallest absolute Gasteiger partial charge is 0.286 e. The number of aliphatic hydroxyl groups is 1. The summed E-state index contributed by atoms with van der Waals surface area (Å²) in [4.78, 5) is 30.0. The van der Waals surface area contributed by atoms with E-state index in [1.807, 2.05) is 0 Å². The van der Waals surface area contributed by atoms with Gasteiger partial charge >= 0.3 is 0 Å². The number of nitrogens with two attached hydrogens (primary N) is 1. The molecule has 7 nitrogen and oxygen atoms in total. The fraction of sp³-hybridized carbons (Fsp3) is 0.167. The Morgan fingerprint density at radius 3 is 2.92 bits per heavy atom. The summed E-state index contributed by atoms with van der Waals surface area (Å²) < 4.78 is 15.1. The summed E-state index contributed by atoms with van der Waals surface area (Å²) in [6.45, 7) is 1.50. The van der Waals surface area contributed by atoms with Crippen molar-refractivity contribution in [2.24, 2.45) is 5.73 Å². The van der Waals surface area contributed by atoms with Crippen molar-refractivity contribution in [3.05, 3.63) is 58.5 Å². The number of primary amides is 1. The molecule has 8 heteroatoms.